The van der Waals surface area contributed by atoms with E-state index in [1.54, 1.807) is 12.1 Å². The summed E-state index contributed by atoms with van der Waals surface area (Å²) in [6.07, 6.45) is 35.7. The molecule has 26 heteroatoms. The van der Waals surface area contributed by atoms with Crippen LogP contribution in [0.2, 0.25) is 0 Å². The molecule has 4 heterocycles. The van der Waals surface area contributed by atoms with E-state index in [9.17, 15) is 67.9 Å². The number of hydrogen-bond donors (Lipinski definition) is 5. The minimum Gasteiger partial charge on any atom is -0.493 e. The number of nitrogens with zero attached hydrogens (tertiary/aromatic N) is 4. The molecular weight excluding hydrogens is 1680 g/mol. The second-order valence-corrected chi connectivity index (χ2v) is 45.9. The van der Waals surface area contributed by atoms with Gasteiger partial charge in [-0.25, -0.2) is 40.7 Å². The highest BCUT2D eigenvalue weighted by molar-refractivity contribution is 6.00. The number of alkyl halides is 2. The number of carboxylic acid groups (broad SMARTS) is 4. The first-order valence-electron chi connectivity index (χ1n) is 49.8. The maximum Gasteiger partial charge on any atom is 0.329 e. The van der Waals surface area contributed by atoms with Crippen molar-refractivity contribution in [3.8, 4) is 23.0 Å². The summed E-state index contributed by atoms with van der Waals surface area (Å²) in [6, 6.07) is 7.79. The summed E-state index contributed by atoms with van der Waals surface area (Å²) in [5, 5.41) is 47.4. The molecular formula is C104H128F6N4O16. The van der Waals surface area contributed by atoms with Crippen molar-refractivity contribution in [2.24, 2.45) is 98.6 Å². The summed E-state index contributed by atoms with van der Waals surface area (Å²) in [5.74, 6) is 3.87. The number of aliphatic hydroxyl groups is 1. The molecule has 4 saturated heterocycles. The third-order valence-electron chi connectivity index (χ3n) is 35.6. The zero-order valence-electron chi connectivity index (χ0n) is 74.7. The van der Waals surface area contributed by atoms with E-state index in [0.717, 1.165) is 173 Å². The molecule has 20 saturated carbocycles. The van der Waals surface area contributed by atoms with Crippen LogP contribution in [0.4, 0.5) is 26.3 Å². The number of carboxylic acids is 4. The topological polar surface area (TPSA) is 271 Å². The Hall–Kier alpha value is -8.13. The molecule has 3 amide bonds. The summed E-state index contributed by atoms with van der Waals surface area (Å²) < 4.78 is 114. The Bertz CT molecular complexity index is 4570. The number of amides is 3. The SMILES string of the molecule is O=C(O)C1CCN(Cc2cc(C3CC3)c(OCC34CC5CC(CC(C5)C3)C4)cc2F)C1.O=C(O)[C@@H]1[C@@H](F)CCN1C(=O)c1cc(C2CC2)c(OCC23CC4CC(CC(C4)C2)C3)cc1F.O=C(O)[C@@H]1[C@H](F)CCN1C(=O)c1cc(C2CC2)c(OCC23CC4CC(CC(C4)C2)C3)cc1F.O=C(O)[C@@H]1[C@H](O)CCN1C(=O)c1cc(C2CC2)c(OCC23CC4CC(CC(C4)C2)C3)cc1F. The number of carbonyl (C=O) groups excluding carboxylic acids is 3. The third-order valence-corrected chi connectivity index (χ3v) is 35.6. The van der Waals surface area contributed by atoms with E-state index in [4.69, 9.17) is 18.9 Å². The van der Waals surface area contributed by atoms with Crippen LogP contribution in [0.15, 0.2) is 48.5 Å². The van der Waals surface area contributed by atoms with Gasteiger partial charge in [0, 0.05) is 84.2 Å². The molecule has 4 aliphatic heterocycles. The van der Waals surface area contributed by atoms with Gasteiger partial charge in [0.25, 0.3) is 17.7 Å². The van der Waals surface area contributed by atoms with E-state index in [1.807, 2.05) is 6.07 Å². The molecule has 24 fully saturated rings. The zero-order valence-corrected chi connectivity index (χ0v) is 74.7. The van der Waals surface area contributed by atoms with Gasteiger partial charge >= 0.3 is 23.9 Å². The summed E-state index contributed by atoms with van der Waals surface area (Å²) >= 11 is 0. The average Bonchev–Trinajstić information content (AvgIpc) is 0.796. The fourth-order valence-corrected chi connectivity index (χ4v) is 30.8. The van der Waals surface area contributed by atoms with E-state index in [1.165, 1.54) is 190 Å². The Kier molecular flexibility index (Phi) is 23.6. The molecule has 7 atom stereocenters. The molecule has 0 aromatic heterocycles. The van der Waals surface area contributed by atoms with Crippen LogP contribution >= 0.6 is 0 Å². The van der Waals surface area contributed by atoms with Crippen LogP contribution in [-0.2, 0) is 25.7 Å². The van der Waals surface area contributed by atoms with Crippen LogP contribution in [0.3, 0.4) is 0 Å². The van der Waals surface area contributed by atoms with Gasteiger partial charge in [0.15, 0.2) is 18.1 Å². The summed E-state index contributed by atoms with van der Waals surface area (Å²) in [5.41, 5.74) is 4.81. The number of ether oxygens (including phenoxy) is 4. The predicted octanol–water partition coefficient (Wildman–Crippen LogP) is 19.0. The maximum atomic E-state index is 15.2. The van der Waals surface area contributed by atoms with Gasteiger partial charge in [-0.3, -0.25) is 24.1 Å². The molecule has 1 unspecified atom stereocenters. The molecule has 0 radical (unpaired) electrons. The largest absolute Gasteiger partial charge is 0.493 e. The molecule has 24 aliphatic rings. The molecule has 20 aliphatic carbocycles. The van der Waals surface area contributed by atoms with Crippen molar-refractivity contribution in [3.05, 3.63) is 116 Å². The number of aliphatic carboxylic acids is 4. The van der Waals surface area contributed by atoms with Crippen LogP contribution < -0.4 is 18.9 Å². The first-order chi connectivity index (χ1) is 62.4. The van der Waals surface area contributed by atoms with Crippen molar-refractivity contribution in [2.45, 2.75) is 298 Å². The van der Waals surface area contributed by atoms with Crippen molar-refractivity contribution >= 4 is 41.6 Å². The number of carbonyl (C=O) groups is 7. The normalized spacial score (nSPS) is 36.9. The Labute approximate surface area is 756 Å². The Balaban J connectivity index is 0.000000105. The predicted molar refractivity (Wildman–Crippen MR) is 466 cm³/mol. The van der Waals surface area contributed by atoms with Crippen molar-refractivity contribution in [2.75, 3.05) is 59.2 Å². The van der Waals surface area contributed by atoms with Gasteiger partial charge in [-0.05, 0) is 379 Å². The van der Waals surface area contributed by atoms with Gasteiger partial charge in [-0.1, -0.05) is 0 Å². The quantitative estimate of drug-likeness (QED) is 0.0386. The van der Waals surface area contributed by atoms with Gasteiger partial charge in [-0.15, -0.1) is 0 Å². The zero-order chi connectivity index (χ0) is 89.9. The summed E-state index contributed by atoms with van der Waals surface area (Å²) in [7, 11) is 0. The monoisotopic (exact) mass is 1800 g/mol. The standard InChI is InChI=1S/2C26H31F2NO4.C26H32FNO5.C26H34FNO3/c2*27-20-3-4-29(23(20)25(31)32)24(30)19-8-18(17-1-2-17)22(9-21(19)28)33-13-26-10-14-5-15(11-26)7-16(6-14)12-26;27-20-9-22(33-13-26-10-14-5-15(11-26)7-16(6-14)12-26)18(17-1-2-17)8-19(20)24(30)28-4-3-21(29)23(28)25(31)32;27-23-9-24(31-15-26-10-16-5-17(11-26)7-18(6-16)12-26)22(19-1-2-19)8-21(23)14-28-4-3-20(13-28)25(29)30/h2*8-9,14-17,20,23H,1-7,10-13H2,(H,31,32);8-9,14-17,21,23,29H,1-7,10-13H2,(H,31,32);8-9,16-20H,1-7,10-15H2,(H,29,30)/t14?,15?,16?,20-,23+,26?;14?,15?,16?,20-,23-,26?;14?,15?,16?,21-,23+,26?;/m101./s1. The van der Waals surface area contributed by atoms with Crippen LogP contribution in [0, 0.1) is 122 Å². The van der Waals surface area contributed by atoms with E-state index >= 15 is 17.6 Å². The smallest absolute Gasteiger partial charge is 0.329 e. The lowest BCUT2D eigenvalue weighted by Crippen LogP contribution is -2.48. The maximum absolute atomic E-state index is 15.2. The molecule has 28 rings (SSSR count). The Morgan fingerprint density at radius 3 is 0.846 bits per heavy atom. The summed E-state index contributed by atoms with van der Waals surface area (Å²) in [4.78, 5) is 90.0. The number of benzene rings is 4. The first-order valence-corrected chi connectivity index (χ1v) is 49.8. The van der Waals surface area contributed by atoms with E-state index in [0.29, 0.717) is 73.5 Å². The Morgan fingerprint density at radius 1 is 0.323 bits per heavy atom. The van der Waals surface area contributed by atoms with Crippen LogP contribution in [0.25, 0.3) is 0 Å². The minimum absolute atomic E-state index is 0.0283. The molecule has 4 aromatic carbocycles. The highest BCUT2D eigenvalue weighted by atomic mass is 19.2. The lowest BCUT2D eigenvalue weighted by atomic mass is 9.50. The fraction of sp³-hybridized carbons (Fsp3) is 0.702. The number of aliphatic hydroxyl groups excluding tert-OH is 1. The molecule has 0 spiro atoms. The lowest BCUT2D eigenvalue weighted by molar-refractivity contribution is -0.144. The minimum atomic E-state index is -1.64. The highest BCUT2D eigenvalue weighted by Gasteiger charge is 2.57. The molecule has 5 N–H and O–H groups in total. The van der Waals surface area contributed by atoms with E-state index in [2.05, 4.69) is 4.90 Å². The molecule has 702 valence electrons. The molecule has 4 aromatic rings. The lowest BCUT2D eigenvalue weighted by Gasteiger charge is -2.56. The molecule has 20 nitrogen and oxygen atoms in total. The summed E-state index contributed by atoms with van der Waals surface area (Å²) in [6.45, 7) is 4.32. The second-order valence-electron chi connectivity index (χ2n) is 45.9. The van der Waals surface area contributed by atoms with Gasteiger partial charge in [-0.2, -0.15) is 0 Å². The van der Waals surface area contributed by atoms with Crippen LogP contribution in [0.5, 0.6) is 23.0 Å². The highest BCUT2D eigenvalue weighted by Crippen LogP contribution is 2.65. The van der Waals surface area contributed by atoms with Gasteiger partial charge in [0.2, 0.25) is 0 Å². The number of rotatable bonds is 25. The van der Waals surface area contributed by atoms with E-state index < -0.39 is 95.6 Å². The number of hydrogen-bond acceptors (Lipinski definition) is 13. The van der Waals surface area contributed by atoms with Crippen molar-refractivity contribution in [1.29, 1.82) is 0 Å². The second kappa shape index (κ2) is 34.7. The average molecular weight is 1800 g/mol. The fourth-order valence-electron chi connectivity index (χ4n) is 30.8. The number of halogens is 6. The number of likely N-dealkylation sites (tertiary alicyclic amines) is 4. The van der Waals surface area contributed by atoms with Crippen molar-refractivity contribution in [1.82, 2.24) is 19.6 Å². The van der Waals surface area contributed by atoms with Crippen LogP contribution in [0.1, 0.15) is 314 Å². The third kappa shape index (κ3) is 17.9. The molecule has 130 heavy (non-hydrogen) atoms. The van der Waals surface area contributed by atoms with Gasteiger partial charge in [0.1, 0.15) is 58.6 Å². The van der Waals surface area contributed by atoms with Gasteiger partial charge < -0.3 is 59.2 Å². The Morgan fingerprint density at radius 2 is 0.585 bits per heavy atom. The molecule has 16 bridgehead atoms. The first kappa shape index (κ1) is 88.5. The van der Waals surface area contributed by atoms with E-state index in [-0.39, 0.29) is 101 Å². The van der Waals surface area contributed by atoms with Crippen molar-refractivity contribution in [3.63, 3.8) is 0 Å². The van der Waals surface area contributed by atoms with Gasteiger partial charge in [0.05, 0.1) is 55.1 Å². The van der Waals surface area contributed by atoms with Crippen molar-refractivity contribution < 1.29 is 104 Å². The van der Waals surface area contributed by atoms with Crippen LogP contribution in [-0.4, -0.2) is 182 Å².